The van der Waals surface area contributed by atoms with E-state index in [4.69, 9.17) is 5.11 Å². The molecule has 0 saturated carbocycles. The Morgan fingerprint density at radius 2 is 1.56 bits per heavy atom. The van der Waals surface area contributed by atoms with Gasteiger partial charge >= 0.3 is 5.97 Å². The highest BCUT2D eigenvalue weighted by molar-refractivity contribution is 5.92. The van der Waals surface area contributed by atoms with Gasteiger partial charge < -0.3 is 10.2 Å². The lowest BCUT2D eigenvalue weighted by Crippen LogP contribution is -1.97. The summed E-state index contributed by atoms with van der Waals surface area (Å²) in [7, 11) is 0. The number of carbonyl (C=O) groups is 1. The first kappa shape index (κ1) is 12.2. The van der Waals surface area contributed by atoms with Gasteiger partial charge in [0.1, 0.15) is 11.3 Å². The van der Waals surface area contributed by atoms with E-state index in [1.165, 1.54) is 17.7 Å². The molecule has 2 aromatic rings. The molecule has 3 nitrogen and oxygen atoms in total. The molecular formula is C15H14O3. The van der Waals surface area contributed by atoms with Crippen LogP contribution in [0.1, 0.15) is 21.5 Å². The van der Waals surface area contributed by atoms with Gasteiger partial charge in [-0.05, 0) is 48.2 Å². The Labute approximate surface area is 105 Å². The molecule has 0 aromatic heterocycles. The van der Waals surface area contributed by atoms with Crippen LogP contribution < -0.4 is 0 Å². The van der Waals surface area contributed by atoms with Crippen LogP contribution in [0.2, 0.25) is 0 Å². The number of aryl methyl sites for hydroxylation is 2. The van der Waals surface area contributed by atoms with E-state index in [0.717, 1.165) is 16.7 Å². The Hall–Kier alpha value is -2.29. The van der Waals surface area contributed by atoms with E-state index >= 15 is 0 Å². The second-order valence-corrected chi connectivity index (χ2v) is 4.34. The zero-order valence-electron chi connectivity index (χ0n) is 10.3. The minimum Gasteiger partial charge on any atom is -0.507 e. The number of carboxylic acid groups (broad SMARTS) is 1. The van der Waals surface area contributed by atoms with Gasteiger partial charge in [0.2, 0.25) is 0 Å². The van der Waals surface area contributed by atoms with E-state index in [2.05, 4.69) is 0 Å². The third-order valence-electron chi connectivity index (χ3n) is 3.07. The third kappa shape index (κ3) is 2.20. The van der Waals surface area contributed by atoms with Crippen LogP contribution in [0.3, 0.4) is 0 Å². The molecule has 0 atom stereocenters. The van der Waals surface area contributed by atoms with E-state index in [1.54, 1.807) is 6.07 Å². The van der Waals surface area contributed by atoms with Crippen molar-refractivity contribution < 1.29 is 15.0 Å². The second kappa shape index (κ2) is 4.53. The molecule has 0 spiro atoms. The molecule has 0 bridgehead atoms. The van der Waals surface area contributed by atoms with Gasteiger partial charge in [-0.1, -0.05) is 24.3 Å². The average molecular weight is 242 g/mol. The number of hydrogen-bond acceptors (Lipinski definition) is 2. The summed E-state index contributed by atoms with van der Waals surface area (Å²) in [4.78, 5) is 11.0. The monoisotopic (exact) mass is 242 g/mol. The molecule has 0 aliphatic carbocycles. The Morgan fingerprint density at radius 1 is 0.944 bits per heavy atom. The quantitative estimate of drug-likeness (QED) is 0.848. The predicted molar refractivity (Wildman–Crippen MR) is 70.0 cm³/mol. The Bertz CT molecular complexity index is 615. The topological polar surface area (TPSA) is 57.5 Å². The summed E-state index contributed by atoms with van der Waals surface area (Å²) < 4.78 is 0. The molecule has 92 valence electrons. The smallest absolute Gasteiger partial charge is 0.339 e. The summed E-state index contributed by atoms with van der Waals surface area (Å²) >= 11 is 0. The van der Waals surface area contributed by atoms with Gasteiger partial charge in [-0.25, -0.2) is 4.79 Å². The van der Waals surface area contributed by atoms with Crippen LogP contribution in [0.4, 0.5) is 0 Å². The van der Waals surface area contributed by atoms with Gasteiger partial charge in [0.05, 0.1) is 0 Å². The van der Waals surface area contributed by atoms with Crippen LogP contribution in [0.5, 0.6) is 5.75 Å². The van der Waals surface area contributed by atoms with E-state index < -0.39 is 5.97 Å². The number of aromatic carboxylic acids is 1. The Balaban J connectivity index is 2.54. The molecule has 0 heterocycles. The van der Waals surface area contributed by atoms with Gasteiger partial charge in [0, 0.05) is 0 Å². The molecule has 3 heteroatoms. The molecule has 18 heavy (non-hydrogen) atoms. The van der Waals surface area contributed by atoms with Gasteiger partial charge in [0.25, 0.3) is 0 Å². The van der Waals surface area contributed by atoms with E-state index in [9.17, 15) is 9.90 Å². The van der Waals surface area contributed by atoms with Crippen LogP contribution in [0.15, 0.2) is 36.4 Å². The number of hydrogen-bond donors (Lipinski definition) is 2. The minimum absolute atomic E-state index is 0.0780. The van der Waals surface area contributed by atoms with Crippen molar-refractivity contribution in [3.05, 3.63) is 53.1 Å². The summed E-state index contributed by atoms with van der Waals surface area (Å²) in [6.07, 6.45) is 0. The molecule has 0 fully saturated rings. The minimum atomic E-state index is -1.13. The highest BCUT2D eigenvalue weighted by Crippen LogP contribution is 2.27. The molecule has 2 N–H and O–H groups in total. The highest BCUT2D eigenvalue weighted by atomic mass is 16.4. The van der Waals surface area contributed by atoms with Gasteiger partial charge in [-0.2, -0.15) is 0 Å². The fraction of sp³-hybridized carbons (Fsp3) is 0.133. The molecule has 2 rings (SSSR count). The normalized spacial score (nSPS) is 10.3. The first-order chi connectivity index (χ1) is 8.49. The van der Waals surface area contributed by atoms with Crippen molar-refractivity contribution in [1.82, 2.24) is 0 Å². The SMILES string of the molecule is Cc1ccc(-c2ccc(O)c(C(=O)O)c2)cc1C. The highest BCUT2D eigenvalue weighted by Gasteiger charge is 2.11. The number of rotatable bonds is 2. The van der Waals surface area contributed by atoms with Crippen LogP contribution in [-0.2, 0) is 0 Å². The van der Waals surface area contributed by atoms with Gasteiger partial charge in [-0.3, -0.25) is 0 Å². The van der Waals surface area contributed by atoms with Crippen LogP contribution >= 0.6 is 0 Å². The molecule has 0 aliphatic rings. The summed E-state index contributed by atoms with van der Waals surface area (Å²) in [5.41, 5.74) is 3.99. The molecule has 0 saturated heterocycles. The van der Waals surface area contributed by atoms with Gasteiger partial charge in [-0.15, -0.1) is 0 Å². The molecule has 0 radical (unpaired) electrons. The maximum atomic E-state index is 11.0. The summed E-state index contributed by atoms with van der Waals surface area (Å²) in [5, 5.41) is 18.4. The second-order valence-electron chi connectivity index (χ2n) is 4.34. The third-order valence-corrected chi connectivity index (χ3v) is 3.07. The first-order valence-corrected chi connectivity index (χ1v) is 5.63. The number of phenols is 1. The number of aromatic hydroxyl groups is 1. The molecular weight excluding hydrogens is 228 g/mol. The van der Waals surface area contributed by atoms with Crippen molar-refractivity contribution in [2.75, 3.05) is 0 Å². The zero-order valence-corrected chi connectivity index (χ0v) is 10.3. The standard InChI is InChI=1S/C15H14O3/c1-9-3-4-11(7-10(9)2)12-5-6-14(16)13(8-12)15(17)18/h3-8,16H,1-2H3,(H,17,18). The van der Waals surface area contributed by atoms with Crippen LogP contribution in [0, 0.1) is 13.8 Å². The average Bonchev–Trinajstić information content (AvgIpc) is 2.33. The Morgan fingerprint density at radius 3 is 2.17 bits per heavy atom. The van der Waals surface area contributed by atoms with Crippen molar-refractivity contribution in [3.8, 4) is 16.9 Å². The number of carboxylic acids is 1. The number of benzene rings is 2. The maximum Gasteiger partial charge on any atom is 0.339 e. The zero-order chi connectivity index (χ0) is 13.3. The van der Waals surface area contributed by atoms with Gasteiger partial charge in [0.15, 0.2) is 0 Å². The van der Waals surface area contributed by atoms with E-state index in [-0.39, 0.29) is 11.3 Å². The van der Waals surface area contributed by atoms with Crippen molar-refractivity contribution in [3.63, 3.8) is 0 Å². The maximum absolute atomic E-state index is 11.0. The lowest BCUT2D eigenvalue weighted by atomic mass is 9.99. The Kier molecular flexibility index (Phi) is 3.06. The molecule has 0 aliphatic heterocycles. The molecule has 2 aromatic carbocycles. The van der Waals surface area contributed by atoms with Crippen molar-refractivity contribution in [2.45, 2.75) is 13.8 Å². The van der Waals surface area contributed by atoms with E-state index in [1.807, 2.05) is 32.0 Å². The van der Waals surface area contributed by atoms with Crippen LogP contribution in [0.25, 0.3) is 11.1 Å². The summed E-state index contributed by atoms with van der Waals surface area (Å²) in [6.45, 7) is 4.04. The lowest BCUT2D eigenvalue weighted by molar-refractivity contribution is 0.0694. The fourth-order valence-corrected chi connectivity index (χ4v) is 1.81. The van der Waals surface area contributed by atoms with Crippen molar-refractivity contribution in [1.29, 1.82) is 0 Å². The van der Waals surface area contributed by atoms with Crippen molar-refractivity contribution >= 4 is 5.97 Å². The fourth-order valence-electron chi connectivity index (χ4n) is 1.81. The first-order valence-electron chi connectivity index (χ1n) is 5.63. The summed E-state index contributed by atoms with van der Waals surface area (Å²) in [6, 6.07) is 10.6. The summed E-state index contributed by atoms with van der Waals surface area (Å²) in [5.74, 6) is -1.34. The lowest BCUT2D eigenvalue weighted by Gasteiger charge is -2.07. The van der Waals surface area contributed by atoms with E-state index in [0.29, 0.717) is 0 Å². The largest absolute Gasteiger partial charge is 0.507 e. The predicted octanol–water partition coefficient (Wildman–Crippen LogP) is 3.37. The van der Waals surface area contributed by atoms with Crippen molar-refractivity contribution in [2.24, 2.45) is 0 Å². The van der Waals surface area contributed by atoms with Crippen LogP contribution in [-0.4, -0.2) is 16.2 Å². The molecule has 0 amide bonds. The molecule has 0 unspecified atom stereocenters.